The Morgan fingerprint density at radius 1 is 0.821 bits per heavy atom. The van der Waals surface area contributed by atoms with Gasteiger partial charge in [0.2, 0.25) is 5.91 Å². The number of carbonyl (C=O) groups is 1. The molecule has 3 nitrogen and oxygen atoms in total. The van der Waals surface area contributed by atoms with Crippen LogP contribution in [-0.4, -0.2) is 29.9 Å². The maximum atomic E-state index is 12.5. The van der Waals surface area contributed by atoms with Crippen LogP contribution in [0.4, 0.5) is 0 Å². The van der Waals surface area contributed by atoms with Crippen LogP contribution in [0.5, 0.6) is 0 Å². The van der Waals surface area contributed by atoms with Gasteiger partial charge in [0.25, 0.3) is 0 Å². The number of hydrogen-bond donors (Lipinski definition) is 1. The third kappa shape index (κ3) is 4.87. The third-order valence-corrected chi connectivity index (χ3v) is 5.31. The first kappa shape index (κ1) is 18.5. The first-order chi connectivity index (χ1) is 13.8. The minimum absolute atomic E-state index is 0.110. The van der Waals surface area contributed by atoms with Gasteiger partial charge in [-0.05, 0) is 28.7 Å². The highest BCUT2D eigenvalue weighted by atomic mass is 16.1. The molecule has 3 aromatic rings. The number of carbonyl (C=O) groups excluding carboxylic acids is 1. The van der Waals surface area contributed by atoms with E-state index in [1.165, 1.54) is 16.7 Å². The Morgan fingerprint density at radius 3 is 2.18 bits per heavy atom. The lowest BCUT2D eigenvalue weighted by molar-refractivity contribution is -0.121. The van der Waals surface area contributed by atoms with E-state index in [-0.39, 0.29) is 11.9 Å². The highest BCUT2D eigenvalue weighted by Crippen LogP contribution is 2.19. The quantitative estimate of drug-likeness (QED) is 0.702. The molecule has 1 fully saturated rings. The molecule has 1 aliphatic rings. The number of amides is 1. The normalized spacial score (nSPS) is 16.8. The average Bonchev–Trinajstić information content (AvgIpc) is 3.16. The Labute approximate surface area is 167 Å². The minimum atomic E-state index is 0.110. The van der Waals surface area contributed by atoms with Crippen LogP contribution in [0.1, 0.15) is 17.5 Å². The molecule has 3 heteroatoms. The van der Waals surface area contributed by atoms with Crippen molar-refractivity contribution in [2.75, 3.05) is 13.1 Å². The van der Waals surface area contributed by atoms with Crippen molar-refractivity contribution in [2.24, 2.45) is 0 Å². The molecule has 142 valence electrons. The third-order valence-electron chi connectivity index (χ3n) is 5.31. The van der Waals surface area contributed by atoms with Gasteiger partial charge in [0.1, 0.15) is 0 Å². The van der Waals surface area contributed by atoms with Gasteiger partial charge in [-0.2, -0.15) is 0 Å². The SMILES string of the molecule is O=C(Cc1ccc(-c2ccccc2)cc1)N[C@@H]1CCN(Cc2ccccc2)C1. The van der Waals surface area contributed by atoms with Crippen molar-refractivity contribution >= 4 is 5.91 Å². The van der Waals surface area contributed by atoms with Gasteiger partial charge in [-0.15, -0.1) is 0 Å². The summed E-state index contributed by atoms with van der Waals surface area (Å²) in [4.78, 5) is 14.9. The summed E-state index contributed by atoms with van der Waals surface area (Å²) in [5, 5.41) is 3.21. The van der Waals surface area contributed by atoms with E-state index < -0.39 is 0 Å². The Bertz CT molecular complexity index is 891. The van der Waals surface area contributed by atoms with Crippen molar-refractivity contribution in [3.8, 4) is 11.1 Å². The number of nitrogens with one attached hydrogen (secondary N) is 1. The van der Waals surface area contributed by atoms with E-state index >= 15 is 0 Å². The van der Waals surface area contributed by atoms with E-state index in [1.807, 2.05) is 24.3 Å². The second-order valence-electron chi connectivity index (χ2n) is 7.51. The largest absolute Gasteiger partial charge is 0.352 e. The Morgan fingerprint density at radius 2 is 1.46 bits per heavy atom. The fourth-order valence-electron chi connectivity index (χ4n) is 3.85. The molecule has 1 heterocycles. The average molecular weight is 370 g/mol. The van der Waals surface area contributed by atoms with Gasteiger partial charge < -0.3 is 5.32 Å². The molecule has 0 unspecified atom stereocenters. The summed E-state index contributed by atoms with van der Waals surface area (Å²) in [5.41, 5.74) is 4.75. The Kier molecular flexibility index (Phi) is 5.83. The molecule has 1 atom stereocenters. The first-order valence-electron chi connectivity index (χ1n) is 9.96. The van der Waals surface area contributed by atoms with Crippen LogP contribution in [0.2, 0.25) is 0 Å². The maximum Gasteiger partial charge on any atom is 0.224 e. The van der Waals surface area contributed by atoms with Gasteiger partial charge in [0.05, 0.1) is 6.42 Å². The number of benzene rings is 3. The van der Waals surface area contributed by atoms with Crippen LogP contribution in [0, 0.1) is 0 Å². The van der Waals surface area contributed by atoms with E-state index in [9.17, 15) is 4.79 Å². The monoisotopic (exact) mass is 370 g/mol. The van der Waals surface area contributed by atoms with Crippen molar-refractivity contribution in [3.63, 3.8) is 0 Å². The number of likely N-dealkylation sites (tertiary alicyclic amines) is 1. The first-order valence-corrected chi connectivity index (χ1v) is 9.96. The number of nitrogens with zero attached hydrogens (tertiary/aromatic N) is 1. The number of hydrogen-bond acceptors (Lipinski definition) is 2. The maximum absolute atomic E-state index is 12.5. The van der Waals surface area contributed by atoms with E-state index in [4.69, 9.17) is 0 Å². The van der Waals surface area contributed by atoms with Crippen LogP contribution in [0.3, 0.4) is 0 Å². The van der Waals surface area contributed by atoms with Crippen molar-refractivity contribution in [3.05, 3.63) is 96.1 Å². The Hall–Kier alpha value is -2.91. The molecule has 1 aliphatic heterocycles. The lowest BCUT2D eigenvalue weighted by atomic mass is 10.0. The summed E-state index contributed by atoms with van der Waals surface area (Å²) < 4.78 is 0. The summed E-state index contributed by atoms with van der Waals surface area (Å²) >= 11 is 0. The highest BCUT2D eigenvalue weighted by Gasteiger charge is 2.23. The van der Waals surface area contributed by atoms with Crippen LogP contribution in [-0.2, 0) is 17.8 Å². The summed E-state index contributed by atoms with van der Waals surface area (Å²) in [5.74, 6) is 0.110. The topological polar surface area (TPSA) is 32.3 Å². The van der Waals surface area contributed by atoms with Crippen LogP contribution in [0.15, 0.2) is 84.9 Å². The van der Waals surface area contributed by atoms with Crippen molar-refractivity contribution < 1.29 is 4.79 Å². The van der Waals surface area contributed by atoms with Gasteiger partial charge in [-0.25, -0.2) is 0 Å². The number of rotatable bonds is 6. The summed E-state index contributed by atoms with van der Waals surface area (Å²) in [6.45, 7) is 2.91. The van der Waals surface area contributed by atoms with Crippen LogP contribution in [0.25, 0.3) is 11.1 Å². The van der Waals surface area contributed by atoms with E-state index in [2.05, 4.69) is 70.9 Å². The zero-order chi connectivity index (χ0) is 19.2. The molecule has 0 aliphatic carbocycles. The predicted octanol–water partition coefficient (Wildman–Crippen LogP) is 4.29. The minimum Gasteiger partial charge on any atom is -0.352 e. The van der Waals surface area contributed by atoms with Gasteiger partial charge in [0, 0.05) is 25.7 Å². The molecule has 1 amide bonds. The van der Waals surface area contributed by atoms with E-state index in [0.717, 1.165) is 31.6 Å². The summed E-state index contributed by atoms with van der Waals surface area (Å²) in [6.07, 6.45) is 1.45. The molecule has 0 spiro atoms. The van der Waals surface area contributed by atoms with E-state index in [1.54, 1.807) is 0 Å². The van der Waals surface area contributed by atoms with Crippen LogP contribution < -0.4 is 5.32 Å². The molecule has 4 rings (SSSR count). The lowest BCUT2D eigenvalue weighted by Gasteiger charge is -2.17. The van der Waals surface area contributed by atoms with Gasteiger partial charge in [-0.3, -0.25) is 9.69 Å². The lowest BCUT2D eigenvalue weighted by Crippen LogP contribution is -2.37. The molecular formula is C25H26N2O. The van der Waals surface area contributed by atoms with Crippen LogP contribution >= 0.6 is 0 Å². The summed E-state index contributed by atoms with van der Waals surface area (Å²) in [6, 6.07) is 29.4. The zero-order valence-electron chi connectivity index (χ0n) is 16.1. The van der Waals surface area contributed by atoms with Crippen molar-refractivity contribution in [2.45, 2.75) is 25.4 Å². The summed E-state index contributed by atoms with van der Waals surface area (Å²) in [7, 11) is 0. The van der Waals surface area contributed by atoms with Crippen molar-refractivity contribution in [1.82, 2.24) is 10.2 Å². The second-order valence-corrected chi connectivity index (χ2v) is 7.51. The molecular weight excluding hydrogens is 344 g/mol. The molecule has 28 heavy (non-hydrogen) atoms. The smallest absolute Gasteiger partial charge is 0.224 e. The molecule has 0 saturated carbocycles. The van der Waals surface area contributed by atoms with E-state index in [0.29, 0.717) is 6.42 Å². The van der Waals surface area contributed by atoms with Gasteiger partial charge in [0.15, 0.2) is 0 Å². The zero-order valence-corrected chi connectivity index (χ0v) is 16.1. The fraction of sp³-hybridized carbons (Fsp3) is 0.240. The molecule has 0 aromatic heterocycles. The Balaban J connectivity index is 1.27. The molecule has 0 radical (unpaired) electrons. The molecule has 1 N–H and O–H groups in total. The molecule has 3 aromatic carbocycles. The van der Waals surface area contributed by atoms with Crippen molar-refractivity contribution in [1.29, 1.82) is 0 Å². The van der Waals surface area contributed by atoms with Gasteiger partial charge in [-0.1, -0.05) is 84.9 Å². The highest BCUT2D eigenvalue weighted by molar-refractivity contribution is 5.79. The standard InChI is InChI=1S/C25H26N2O/c28-25(17-20-11-13-23(14-12-20)22-9-5-2-6-10-22)26-24-15-16-27(19-24)18-21-7-3-1-4-8-21/h1-14,24H,15-19H2,(H,26,28)/t24-/m1/s1. The van der Waals surface area contributed by atoms with Gasteiger partial charge >= 0.3 is 0 Å². The predicted molar refractivity (Wildman–Crippen MR) is 114 cm³/mol. The molecule has 0 bridgehead atoms. The molecule has 1 saturated heterocycles. The fourth-order valence-corrected chi connectivity index (χ4v) is 3.85. The second kappa shape index (κ2) is 8.85.